The third kappa shape index (κ3) is 3.25. The molecule has 6 aromatic rings. The van der Waals surface area contributed by atoms with Crippen LogP contribution >= 0.6 is 0 Å². The van der Waals surface area contributed by atoms with Gasteiger partial charge >= 0.3 is 0 Å². The Kier molecular flexibility index (Phi) is 5.37. The summed E-state index contributed by atoms with van der Waals surface area (Å²) in [5, 5.41) is 0. The van der Waals surface area contributed by atoms with Crippen molar-refractivity contribution in [3.63, 3.8) is 0 Å². The second-order valence-corrected chi connectivity index (χ2v) is 12.2. The Bertz CT molecular complexity index is 1940. The van der Waals surface area contributed by atoms with Crippen LogP contribution in [0.5, 0.6) is 0 Å². The number of benzene rings is 6. The Balaban J connectivity index is 1.35. The second kappa shape index (κ2) is 9.06. The van der Waals surface area contributed by atoms with E-state index in [4.69, 9.17) is 0 Å². The van der Waals surface area contributed by atoms with E-state index in [9.17, 15) is 0 Å². The lowest BCUT2D eigenvalue weighted by molar-refractivity contribution is 0.660. The van der Waals surface area contributed by atoms with Crippen LogP contribution in [0.3, 0.4) is 0 Å². The molecule has 0 N–H and O–H groups in total. The molecule has 0 aromatic heterocycles. The summed E-state index contributed by atoms with van der Waals surface area (Å²) in [6, 6.07) is 53.9. The highest BCUT2D eigenvalue weighted by molar-refractivity contribution is 5.92. The van der Waals surface area contributed by atoms with Crippen LogP contribution in [0.1, 0.15) is 47.2 Å². The molecular formula is C41H33N. The van der Waals surface area contributed by atoms with Gasteiger partial charge in [0.25, 0.3) is 0 Å². The zero-order valence-corrected chi connectivity index (χ0v) is 24.3. The highest BCUT2D eigenvalue weighted by Gasteiger charge is 2.46. The van der Waals surface area contributed by atoms with Gasteiger partial charge in [0, 0.05) is 29.4 Å². The smallest absolute Gasteiger partial charge is 0.0714 e. The van der Waals surface area contributed by atoms with Crippen molar-refractivity contribution in [3.05, 3.63) is 179 Å². The van der Waals surface area contributed by atoms with E-state index < -0.39 is 5.41 Å². The van der Waals surface area contributed by atoms with Crippen LogP contribution in [-0.4, -0.2) is 7.05 Å². The highest BCUT2D eigenvalue weighted by Crippen LogP contribution is 2.57. The fourth-order valence-corrected chi connectivity index (χ4v) is 7.81. The molecular weight excluding hydrogens is 506 g/mol. The van der Waals surface area contributed by atoms with Crippen molar-refractivity contribution in [1.82, 2.24) is 0 Å². The lowest BCUT2D eigenvalue weighted by Crippen LogP contribution is -2.28. The molecule has 0 amide bonds. The van der Waals surface area contributed by atoms with Gasteiger partial charge in [0.15, 0.2) is 0 Å². The first-order valence-electron chi connectivity index (χ1n) is 14.9. The van der Waals surface area contributed by atoms with E-state index in [2.05, 4.69) is 171 Å². The Labute approximate surface area is 248 Å². The molecule has 0 unspecified atom stereocenters. The van der Waals surface area contributed by atoms with E-state index in [1.807, 2.05) is 0 Å². The lowest BCUT2D eigenvalue weighted by Gasteiger charge is -2.35. The van der Waals surface area contributed by atoms with E-state index in [0.29, 0.717) is 0 Å². The van der Waals surface area contributed by atoms with Gasteiger partial charge in [-0.1, -0.05) is 141 Å². The summed E-state index contributed by atoms with van der Waals surface area (Å²) < 4.78 is 0. The average Bonchev–Trinajstić information content (AvgIpc) is 3.48. The molecule has 8 rings (SSSR count). The minimum absolute atomic E-state index is 0.0285. The maximum Gasteiger partial charge on any atom is 0.0714 e. The Morgan fingerprint density at radius 1 is 0.452 bits per heavy atom. The molecule has 0 aliphatic heterocycles. The van der Waals surface area contributed by atoms with Gasteiger partial charge in [-0.05, 0) is 68.3 Å². The monoisotopic (exact) mass is 539 g/mol. The van der Waals surface area contributed by atoms with E-state index in [1.54, 1.807) is 0 Å². The van der Waals surface area contributed by atoms with Gasteiger partial charge in [-0.15, -0.1) is 0 Å². The number of anilines is 2. The predicted molar refractivity (Wildman–Crippen MR) is 176 cm³/mol. The van der Waals surface area contributed by atoms with Gasteiger partial charge in [-0.3, -0.25) is 0 Å². The third-order valence-corrected chi connectivity index (χ3v) is 9.77. The SMILES string of the molecule is CN(c1cccc(C2(c3ccccc3)c3ccccc3-c3ccccc32)c1)c1cccc2c1-c1ccccc1C2(C)C. The first-order valence-corrected chi connectivity index (χ1v) is 14.9. The van der Waals surface area contributed by atoms with Gasteiger partial charge in [-0.2, -0.15) is 0 Å². The molecule has 0 radical (unpaired) electrons. The van der Waals surface area contributed by atoms with Gasteiger partial charge < -0.3 is 4.90 Å². The topological polar surface area (TPSA) is 3.24 Å². The molecule has 0 bridgehead atoms. The summed E-state index contributed by atoms with van der Waals surface area (Å²) in [6.45, 7) is 4.70. The summed E-state index contributed by atoms with van der Waals surface area (Å²) in [4.78, 5) is 2.38. The zero-order chi connectivity index (χ0) is 28.5. The maximum absolute atomic E-state index is 2.41. The van der Waals surface area contributed by atoms with Crippen LogP contribution in [0.15, 0.2) is 146 Å². The summed E-state index contributed by atoms with van der Waals surface area (Å²) >= 11 is 0. The molecule has 1 heteroatoms. The minimum atomic E-state index is -0.404. The number of fused-ring (bicyclic) bond motifs is 6. The maximum atomic E-state index is 2.41. The first kappa shape index (κ1) is 24.9. The Morgan fingerprint density at radius 2 is 0.976 bits per heavy atom. The molecule has 2 aliphatic rings. The summed E-state index contributed by atoms with van der Waals surface area (Å²) in [5.41, 5.74) is 15.4. The highest BCUT2D eigenvalue weighted by atomic mass is 15.1. The van der Waals surface area contributed by atoms with Crippen molar-refractivity contribution in [2.24, 2.45) is 0 Å². The number of rotatable bonds is 4. The normalized spacial score (nSPS) is 14.9. The molecule has 42 heavy (non-hydrogen) atoms. The molecule has 0 spiro atoms. The van der Waals surface area contributed by atoms with E-state index in [-0.39, 0.29) is 5.41 Å². The number of hydrogen-bond donors (Lipinski definition) is 0. The molecule has 0 atom stereocenters. The Morgan fingerprint density at radius 3 is 1.67 bits per heavy atom. The fraction of sp³-hybridized carbons (Fsp3) is 0.122. The van der Waals surface area contributed by atoms with Crippen LogP contribution in [0.2, 0.25) is 0 Å². The predicted octanol–water partition coefficient (Wildman–Crippen LogP) is 10.1. The van der Waals surface area contributed by atoms with E-state index in [0.717, 1.165) is 0 Å². The standard InChI is InChI=1S/C41H33N/c1-40(2)34-22-10-9-21-33(34)39-37(40)25-14-26-38(39)42(3)30-18-13-17-29(27-30)41(28-15-5-4-6-16-28)35-23-11-7-19-31(35)32-20-8-12-24-36(32)41/h4-27H,1-3H3. The molecule has 0 saturated carbocycles. The van der Waals surface area contributed by atoms with Crippen LogP contribution < -0.4 is 4.90 Å². The molecule has 0 fully saturated rings. The molecule has 0 saturated heterocycles. The van der Waals surface area contributed by atoms with Crippen LogP contribution in [0, 0.1) is 0 Å². The van der Waals surface area contributed by atoms with Gasteiger partial charge in [-0.25, -0.2) is 0 Å². The summed E-state index contributed by atoms with van der Waals surface area (Å²) in [7, 11) is 2.22. The van der Waals surface area contributed by atoms with Crippen molar-refractivity contribution >= 4 is 11.4 Å². The summed E-state index contributed by atoms with van der Waals surface area (Å²) in [5.74, 6) is 0. The molecule has 0 heterocycles. The van der Waals surface area contributed by atoms with Crippen molar-refractivity contribution in [3.8, 4) is 22.3 Å². The molecule has 2 aliphatic carbocycles. The van der Waals surface area contributed by atoms with Gasteiger partial charge in [0.2, 0.25) is 0 Å². The molecule has 1 nitrogen and oxygen atoms in total. The third-order valence-electron chi connectivity index (χ3n) is 9.77. The van der Waals surface area contributed by atoms with Crippen LogP contribution in [-0.2, 0) is 10.8 Å². The van der Waals surface area contributed by atoms with Crippen molar-refractivity contribution in [2.75, 3.05) is 11.9 Å². The lowest BCUT2D eigenvalue weighted by atomic mass is 9.67. The number of nitrogens with zero attached hydrogens (tertiary/aromatic N) is 1. The first-order chi connectivity index (χ1) is 20.5. The average molecular weight is 540 g/mol. The largest absolute Gasteiger partial charge is 0.344 e. The molecule has 202 valence electrons. The quantitative estimate of drug-likeness (QED) is 0.215. The minimum Gasteiger partial charge on any atom is -0.344 e. The fourth-order valence-electron chi connectivity index (χ4n) is 7.81. The second-order valence-electron chi connectivity index (χ2n) is 12.2. The Hall–Kier alpha value is -4.88. The number of hydrogen-bond acceptors (Lipinski definition) is 1. The van der Waals surface area contributed by atoms with E-state index >= 15 is 0 Å². The van der Waals surface area contributed by atoms with Crippen molar-refractivity contribution in [2.45, 2.75) is 24.7 Å². The molecule has 6 aromatic carbocycles. The van der Waals surface area contributed by atoms with Crippen LogP contribution in [0.25, 0.3) is 22.3 Å². The van der Waals surface area contributed by atoms with Crippen molar-refractivity contribution < 1.29 is 0 Å². The van der Waals surface area contributed by atoms with Crippen molar-refractivity contribution in [1.29, 1.82) is 0 Å². The van der Waals surface area contributed by atoms with Gasteiger partial charge in [0.1, 0.15) is 0 Å². The van der Waals surface area contributed by atoms with E-state index in [1.165, 1.54) is 67.0 Å². The summed E-state index contributed by atoms with van der Waals surface area (Å²) in [6.07, 6.45) is 0. The zero-order valence-electron chi connectivity index (χ0n) is 24.3. The van der Waals surface area contributed by atoms with Crippen LogP contribution in [0.4, 0.5) is 11.4 Å². The van der Waals surface area contributed by atoms with Gasteiger partial charge in [0.05, 0.1) is 5.41 Å².